The molecule has 0 amide bonds. The van der Waals surface area contributed by atoms with E-state index in [2.05, 4.69) is 4.72 Å². The maximum atomic E-state index is 12.6. The summed E-state index contributed by atoms with van der Waals surface area (Å²) in [7, 11) is -3.50. The van der Waals surface area contributed by atoms with Gasteiger partial charge in [0.15, 0.2) is 0 Å². The van der Waals surface area contributed by atoms with E-state index in [1.807, 2.05) is 19.9 Å². The van der Waals surface area contributed by atoms with Crippen LogP contribution in [0.15, 0.2) is 23.1 Å². The van der Waals surface area contributed by atoms with Crippen molar-refractivity contribution in [1.29, 1.82) is 0 Å². The molecule has 112 valence electrons. The van der Waals surface area contributed by atoms with E-state index in [9.17, 15) is 8.42 Å². The number of rotatable bonds is 4. The van der Waals surface area contributed by atoms with Gasteiger partial charge in [-0.25, -0.2) is 13.1 Å². The molecule has 1 aliphatic carbocycles. The molecule has 1 aliphatic rings. The Bertz CT molecular complexity index is 578. The largest absolute Gasteiger partial charge is 0.241 e. The standard InChI is InChI=1S/C15H22ClNO2S/c1-12-6-7-14(10-13(12)2)20(18,19)17-15(11-16)8-4-3-5-9-15/h6-7,10,17H,3-5,8-9,11H2,1-2H3. The number of benzene rings is 1. The first kappa shape index (κ1) is 15.8. The van der Waals surface area contributed by atoms with E-state index in [4.69, 9.17) is 11.6 Å². The van der Waals surface area contributed by atoms with Crippen molar-refractivity contribution < 1.29 is 8.42 Å². The van der Waals surface area contributed by atoms with Gasteiger partial charge in [0, 0.05) is 11.4 Å². The molecule has 1 aromatic rings. The molecule has 0 heterocycles. The highest BCUT2D eigenvalue weighted by atomic mass is 35.5. The van der Waals surface area contributed by atoms with Gasteiger partial charge in [-0.1, -0.05) is 25.3 Å². The van der Waals surface area contributed by atoms with Gasteiger partial charge in [-0.05, 0) is 49.9 Å². The zero-order valence-corrected chi connectivity index (χ0v) is 13.6. The lowest BCUT2D eigenvalue weighted by Gasteiger charge is -2.36. The van der Waals surface area contributed by atoms with Crippen molar-refractivity contribution in [3.05, 3.63) is 29.3 Å². The van der Waals surface area contributed by atoms with Crippen LogP contribution in [0, 0.1) is 13.8 Å². The van der Waals surface area contributed by atoms with E-state index >= 15 is 0 Å². The summed E-state index contributed by atoms with van der Waals surface area (Å²) in [5, 5.41) is 0. The Labute approximate surface area is 126 Å². The van der Waals surface area contributed by atoms with E-state index < -0.39 is 15.6 Å². The third-order valence-corrected chi connectivity index (χ3v) is 6.29. The molecule has 1 fully saturated rings. The molecule has 0 aromatic heterocycles. The number of halogens is 1. The van der Waals surface area contributed by atoms with Crippen molar-refractivity contribution in [2.24, 2.45) is 0 Å². The molecule has 0 saturated heterocycles. The Morgan fingerprint density at radius 2 is 1.80 bits per heavy atom. The molecule has 0 aliphatic heterocycles. The van der Waals surface area contributed by atoms with E-state index in [0.29, 0.717) is 10.8 Å². The fourth-order valence-electron chi connectivity index (χ4n) is 2.72. The second-order valence-corrected chi connectivity index (χ2v) is 7.78. The summed E-state index contributed by atoms with van der Waals surface area (Å²) in [6.07, 6.45) is 4.86. The Hall–Kier alpha value is -0.580. The van der Waals surface area contributed by atoms with Gasteiger partial charge in [-0.2, -0.15) is 0 Å². The molecule has 0 atom stereocenters. The maximum Gasteiger partial charge on any atom is 0.241 e. The molecule has 0 radical (unpaired) electrons. The molecular weight excluding hydrogens is 294 g/mol. The molecule has 0 bridgehead atoms. The van der Waals surface area contributed by atoms with Crippen LogP contribution >= 0.6 is 11.6 Å². The number of alkyl halides is 1. The number of aryl methyl sites for hydroxylation is 2. The van der Waals surface area contributed by atoms with Crippen molar-refractivity contribution >= 4 is 21.6 Å². The van der Waals surface area contributed by atoms with Gasteiger partial charge in [0.05, 0.1) is 4.90 Å². The van der Waals surface area contributed by atoms with Gasteiger partial charge < -0.3 is 0 Å². The highest BCUT2D eigenvalue weighted by Gasteiger charge is 2.35. The first-order valence-corrected chi connectivity index (χ1v) is 9.08. The third-order valence-electron chi connectivity index (χ3n) is 4.21. The third kappa shape index (κ3) is 3.35. The molecular formula is C15H22ClNO2S. The summed E-state index contributed by atoms with van der Waals surface area (Å²) in [5.74, 6) is 0.330. The molecule has 0 spiro atoms. The Balaban J connectivity index is 2.27. The number of nitrogens with one attached hydrogen (secondary N) is 1. The number of hydrogen-bond acceptors (Lipinski definition) is 2. The van der Waals surface area contributed by atoms with Crippen LogP contribution in [0.25, 0.3) is 0 Å². The summed E-state index contributed by atoms with van der Waals surface area (Å²) >= 11 is 6.06. The first-order valence-electron chi connectivity index (χ1n) is 7.06. The maximum absolute atomic E-state index is 12.6. The Morgan fingerprint density at radius 1 is 1.15 bits per heavy atom. The molecule has 1 saturated carbocycles. The van der Waals surface area contributed by atoms with Crippen LogP contribution < -0.4 is 4.72 Å². The van der Waals surface area contributed by atoms with Gasteiger partial charge in [0.25, 0.3) is 0 Å². The summed E-state index contributed by atoms with van der Waals surface area (Å²) in [6, 6.07) is 5.23. The van der Waals surface area contributed by atoms with Crippen molar-refractivity contribution in [2.45, 2.75) is 56.4 Å². The highest BCUT2D eigenvalue weighted by molar-refractivity contribution is 7.89. The van der Waals surface area contributed by atoms with Crippen LogP contribution in [0.3, 0.4) is 0 Å². The zero-order chi connectivity index (χ0) is 14.8. The van der Waals surface area contributed by atoms with Gasteiger partial charge in [0.2, 0.25) is 10.0 Å². The Kier molecular flexibility index (Phi) is 4.77. The smallest absolute Gasteiger partial charge is 0.207 e. The van der Waals surface area contributed by atoms with Crippen LogP contribution in [0.4, 0.5) is 0 Å². The van der Waals surface area contributed by atoms with E-state index in [1.54, 1.807) is 12.1 Å². The summed E-state index contributed by atoms with van der Waals surface area (Å²) in [4.78, 5) is 0.329. The minimum Gasteiger partial charge on any atom is -0.207 e. The predicted molar refractivity (Wildman–Crippen MR) is 82.8 cm³/mol. The van der Waals surface area contributed by atoms with Gasteiger partial charge >= 0.3 is 0 Å². The van der Waals surface area contributed by atoms with Crippen molar-refractivity contribution in [1.82, 2.24) is 4.72 Å². The van der Waals surface area contributed by atoms with E-state index in [-0.39, 0.29) is 0 Å². The zero-order valence-electron chi connectivity index (χ0n) is 12.1. The fourth-order valence-corrected chi connectivity index (χ4v) is 4.67. The van der Waals surface area contributed by atoms with E-state index in [1.165, 1.54) is 0 Å². The average Bonchev–Trinajstić information content (AvgIpc) is 2.42. The van der Waals surface area contributed by atoms with Crippen molar-refractivity contribution in [3.63, 3.8) is 0 Å². The summed E-state index contributed by atoms with van der Waals surface area (Å²) in [6.45, 7) is 3.90. The lowest BCUT2D eigenvalue weighted by atomic mass is 9.84. The lowest BCUT2D eigenvalue weighted by molar-refractivity contribution is 0.298. The van der Waals surface area contributed by atoms with Crippen molar-refractivity contribution in [3.8, 4) is 0 Å². The van der Waals surface area contributed by atoms with Crippen LogP contribution in [0.2, 0.25) is 0 Å². The molecule has 20 heavy (non-hydrogen) atoms. The topological polar surface area (TPSA) is 46.2 Å². The van der Waals surface area contributed by atoms with Crippen LogP contribution in [-0.4, -0.2) is 19.8 Å². The monoisotopic (exact) mass is 315 g/mol. The number of hydrogen-bond donors (Lipinski definition) is 1. The van der Waals surface area contributed by atoms with Crippen LogP contribution in [0.1, 0.15) is 43.2 Å². The van der Waals surface area contributed by atoms with Crippen LogP contribution in [0.5, 0.6) is 0 Å². The second kappa shape index (κ2) is 6.04. The van der Waals surface area contributed by atoms with Crippen LogP contribution in [-0.2, 0) is 10.0 Å². The SMILES string of the molecule is Cc1ccc(S(=O)(=O)NC2(CCl)CCCCC2)cc1C. The van der Waals surface area contributed by atoms with Gasteiger partial charge in [-0.15, -0.1) is 11.6 Å². The molecule has 1 aromatic carbocycles. The van der Waals surface area contributed by atoms with Crippen molar-refractivity contribution in [2.75, 3.05) is 5.88 Å². The molecule has 1 N–H and O–H groups in total. The fraction of sp³-hybridized carbons (Fsp3) is 0.600. The molecule has 5 heteroatoms. The molecule has 2 rings (SSSR count). The van der Waals surface area contributed by atoms with E-state index in [0.717, 1.165) is 43.2 Å². The summed E-state index contributed by atoms with van der Waals surface area (Å²) < 4.78 is 28.0. The first-order chi connectivity index (χ1) is 9.38. The molecule has 3 nitrogen and oxygen atoms in total. The minimum absolute atomic E-state index is 0.329. The predicted octanol–water partition coefficient (Wildman–Crippen LogP) is 3.52. The normalized spacial score (nSPS) is 18.9. The summed E-state index contributed by atoms with van der Waals surface area (Å²) in [5.41, 5.74) is 1.60. The highest BCUT2D eigenvalue weighted by Crippen LogP contribution is 2.31. The average molecular weight is 316 g/mol. The quantitative estimate of drug-likeness (QED) is 0.864. The lowest BCUT2D eigenvalue weighted by Crippen LogP contribution is -2.51. The van der Waals surface area contributed by atoms with Gasteiger partial charge in [0.1, 0.15) is 0 Å². The van der Waals surface area contributed by atoms with Gasteiger partial charge in [-0.3, -0.25) is 0 Å². The minimum atomic E-state index is -3.50. The Morgan fingerprint density at radius 3 is 2.35 bits per heavy atom. The molecule has 0 unspecified atom stereocenters. The number of sulfonamides is 1. The second-order valence-electron chi connectivity index (χ2n) is 5.83.